The largest absolute Gasteiger partial charge is 0.417 e. The van der Waals surface area contributed by atoms with Gasteiger partial charge in [-0.2, -0.15) is 13.2 Å². The van der Waals surface area contributed by atoms with E-state index >= 15 is 0 Å². The van der Waals surface area contributed by atoms with Crippen molar-refractivity contribution in [2.45, 2.75) is 49.4 Å². The van der Waals surface area contributed by atoms with Crippen molar-refractivity contribution in [2.75, 3.05) is 0 Å². The van der Waals surface area contributed by atoms with Gasteiger partial charge >= 0.3 is 6.18 Å². The highest BCUT2D eigenvalue weighted by atomic mass is 35.5. The molecule has 1 amide bonds. The Morgan fingerprint density at radius 1 is 1.10 bits per heavy atom. The molecule has 0 saturated heterocycles. The van der Waals surface area contributed by atoms with Crippen LogP contribution >= 0.6 is 23.2 Å². The number of hydrogen-bond acceptors (Lipinski definition) is 4. The van der Waals surface area contributed by atoms with E-state index in [4.69, 9.17) is 23.2 Å². The smallest absolute Gasteiger partial charge is 0.387 e. The highest BCUT2D eigenvalue weighted by molar-refractivity contribution is 6.34. The Hall–Kier alpha value is -2.04. The summed E-state index contributed by atoms with van der Waals surface area (Å²) in [5, 5.41) is 12.5. The van der Waals surface area contributed by atoms with E-state index in [0.29, 0.717) is 6.07 Å². The van der Waals surface area contributed by atoms with Crippen molar-refractivity contribution in [1.29, 1.82) is 0 Å². The van der Waals surface area contributed by atoms with Crippen LogP contribution in [0.3, 0.4) is 0 Å². The van der Waals surface area contributed by atoms with Crippen molar-refractivity contribution in [2.24, 2.45) is 0 Å². The fraction of sp³-hybridized carbons (Fsp3) is 0.421. The van der Waals surface area contributed by atoms with Crippen molar-refractivity contribution >= 4 is 29.1 Å². The van der Waals surface area contributed by atoms with Crippen LogP contribution in [0.4, 0.5) is 22.0 Å². The molecule has 1 fully saturated rings. The quantitative estimate of drug-likeness (QED) is 0.462. The minimum absolute atomic E-state index is 0.110. The van der Waals surface area contributed by atoms with Crippen molar-refractivity contribution in [3.63, 3.8) is 0 Å². The van der Waals surface area contributed by atoms with Gasteiger partial charge in [-0.3, -0.25) is 4.79 Å². The van der Waals surface area contributed by atoms with Crippen LogP contribution in [0, 0.1) is 0 Å². The predicted octanol–water partition coefficient (Wildman–Crippen LogP) is 5.21. The lowest BCUT2D eigenvalue weighted by molar-refractivity contribution is -0.137. The number of alkyl halides is 5. The van der Waals surface area contributed by atoms with Gasteiger partial charge in [0.25, 0.3) is 5.91 Å². The average molecular weight is 484 g/mol. The first kappa shape index (κ1) is 23.6. The molecule has 1 saturated carbocycles. The number of nitrogens with zero attached hydrogens (tertiary/aromatic N) is 2. The van der Waals surface area contributed by atoms with Crippen molar-refractivity contribution in [3.05, 3.63) is 57.6 Å². The minimum atomic E-state index is -4.83. The predicted molar refractivity (Wildman–Crippen MR) is 102 cm³/mol. The normalized spacial score (nSPS) is 19.0. The first-order valence-corrected chi connectivity index (χ1v) is 9.83. The number of hydrogen-bond donors (Lipinski definition) is 2. The zero-order valence-electron chi connectivity index (χ0n) is 15.7. The maximum Gasteiger partial charge on any atom is 0.417 e. The van der Waals surface area contributed by atoms with Gasteiger partial charge in [0.2, 0.25) is 5.92 Å². The van der Waals surface area contributed by atoms with Gasteiger partial charge in [0.1, 0.15) is 10.8 Å². The zero-order valence-corrected chi connectivity index (χ0v) is 17.2. The number of aliphatic hydroxyl groups is 1. The van der Waals surface area contributed by atoms with E-state index in [1.165, 1.54) is 18.3 Å². The number of pyridine rings is 2. The lowest BCUT2D eigenvalue weighted by Crippen LogP contribution is -2.50. The number of amides is 1. The second-order valence-electron chi connectivity index (χ2n) is 7.27. The molecule has 31 heavy (non-hydrogen) atoms. The first-order valence-electron chi connectivity index (χ1n) is 9.07. The average Bonchev–Trinajstić information content (AvgIpc) is 2.68. The number of carbonyl (C=O) groups excluding carboxylic acids is 1. The molecule has 0 spiro atoms. The second kappa shape index (κ2) is 8.48. The molecule has 168 valence electrons. The zero-order chi connectivity index (χ0) is 23.0. The summed E-state index contributed by atoms with van der Waals surface area (Å²) in [7, 11) is 0. The second-order valence-corrected chi connectivity index (χ2v) is 8.00. The van der Waals surface area contributed by atoms with Gasteiger partial charge in [-0.1, -0.05) is 29.3 Å². The molecule has 2 N–H and O–H groups in total. The molecule has 3 rings (SSSR count). The van der Waals surface area contributed by atoms with Crippen LogP contribution in [0.5, 0.6) is 0 Å². The third-order valence-electron chi connectivity index (χ3n) is 5.17. The Morgan fingerprint density at radius 2 is 1.74 bits per heavy atom. The molecule has 2 heterocycles. The van der Waals surface area contributed by atoms with Crippen LogP contribution in [-0.2, 0) is 6.18 Å². The standard InChI is InChI=1S/C19H16Cl2F5N3O2/c20-12-11(19(24,25)26)3-9-27-13(12)16(30)29-14(10-2-1-8-28-15(10)21)17(31)4-6-18(22,23)7-5-17/h1-3,8-9,14,31H,4-7H2,(H,29,30). The Morgan fingerprint density at radius 3 is 2.32 bits per heavy atom. The Labute approximate surface area is 183 Å². The van der Waals surface area contributed by atoms with E-state index < -0.39 is 58.8 Å². The molecule has 1 unspecified atom stereocenters. The van der Waals surface area contributed by atoms with Gasteiger partial charge < -0.3 is 10.4 Å². The molecule has 2 aromatic heterocycles. The van der Waals surface area contributed by atoms with E-state index in [-0.39, 0.29) is 23.6 Å². The molecular weight excluding hydrogens is 468 g/mol. The molecular formula is C19H16Cl2F5N3O2. The number of rotatable bonds is 4. The molecule has 5 nitrogen and oxygen atoms in total. The van der Waals surface area contributed by atoms with Gasteiger partial charge in [0.05, 0.1) is 22.2 Å². The van der Waals surface area contributed by atoms with Crippen LogP contribution in [0.25, 0.3) is 0 Å². The van der Waals surface area contributed by atoms with Crippen molar-refractivity contribution < 1.29 is 31.9 Å². The van der Waals surface area contributed by atoms with E-state index in [2.05, 4.69) is 15.3 Å². The highest BCUT2D eigenvalue weighted by Crippen LogP contribution is 2.45. The number of halogens is 7. The Kier molecular flexibility index (Phi) is 6.46. The Balaban J connectivity index is 1.99. The van der Waals surface area contributed by atoms with E-state index in [1.54, 1.807) is 0 Å². The molecule has 1 aliphatic carbocycles. The third-order valence-corrected chi connectivity index (χ3v) is 5.87. The summed E-state index contributed by atoms with van der Waals surface area (Å²) in [6.07, 6.45) is -4.78. The van der Waals surface area contributed by atoms with Crippen LogP contribution in [0.1, 0.15) is 53.3 Å². The maximum atomic E-state index is 13.7. The molecule has 0 aliphatic heterocycles. The molecule has 12 heteroatoms. The lowest BCUT2D eigenvalue weighted by Gasteiger charge is -2.42. The summed E-state index contributed by atoms with van der Waals surface area (Å²) in [6.45, 7) is 0. The summed E-state index contributed by atoms with van der Waals surface area (Å²) in [4.78, 5) is 20.3. The monoisotopic (exact) mass is 483 g/mol. The lowest BCUT2D eigenvalue weighted by atomic mass is 9.75. The Bertz CT molecular complexity index is 977. The van der Waals surface area contributed by atoms with E-state index in [1.807, 2.05) is 0 Å². The summed E-state index contributed by atoms with van der Waals surface area (Å²) < 4.78 is 66.7. The first-order chi connectivity index (χ1) is 14.3. The number of nitrogens with one attached hydrogen (secondary N) is 1. The SMILES string of the molecule is O=C(NC(c1cccnc1Cl)C1(O)CCC(F)(F)CC1)c1nccc(C(F)(F)F)c1Cl. The molecule has 0 radical (unpaired) electrons. The number of aromatic nitrogens is 2. The number of carbonyl (C=O) groups is 1. The fourth-order valence-electron chi connectivity index (χ4n) is 3.47. The highest BCUT2D eigenvalue weighted by Gasteiger charge is 2.48. The molecule has 0 bridgehead atoms. The maximum absolute atomic E-state index is 13.7. The summed E-state index contributed by atoms with van der Waals surface area (Å²) >= 11 is 11.9. The summed E-state index contributed by atoms with van der Waals surface area (Å²) in [5.74, 6) is -4.11. The topological polar surface area (TPSA) is 75.1 Å². The molecule has 0 aromatic carbocycles. The van der Waals surface area contributed by atoms with E-state index in [9.17, 15) is 31.9 Å². The van der Waals surface area contributed by atoms with Crippen LogP contribution in [-0.4, -0.2) is 32.5 Å². The van der Waals surface area contributed by atoms with Crippen molar-refractivity contribution in [3.8, 4) is 0 Å². The molecule has 1 atom stereocenters. The fourth-order valence-corrected chi connectivity index (χ4v) is 4.01. The van der Waals surface area contributed by atoms with Gasteiger partial charge in [-0.25, -0.2) is 18.7 Å². The summed E-state index contributed by atoms with van der Waals surface area (Å²) in [5.41, 5.74) is -3.72. The third kappa shape index (κ3) is 5.07. The van der Waals surface area contributed by atoms with Crippen LogP contribution < -0.4 is 5.32 Å². The molecule has 2 aromatic rings. The van der Waals surface area contributed by atoms with Gasteiger partial charge in [-0.15, -0.1) is 0 Å². The van der Waals surface area contributed by atoms with E-state index in [0.717, 1.165) is 6.20 Å². The van der Waals surface area contributed by atoms with Crippen LogP contribution in [0.15, 0.2) is 30.6 Å². The van der Waals surface area contributed by atoms with Gasteiger partial charge in [0.15, 0.2) is 0 Å². The van der Waals surface area contributed by atoms with Crippen molar-refractivity contribution in [1.82, 2.24) is 15.3 Å². The van der Waals surface area contributed by atoms with Crippen LogP contribution in [0.2, 0.25) is 10.2 Å². The summed E-state index contributed by atoms with van der Waals surface area (Å²) in [6, 6.07) is 2.15. The van der Waals surface area contributed by atoms with Gasteiger partial charge in [-0.05, 0) is 25.0 Å². The minimum Gasteiger partial charge on any atom is -0.387 e. The van der Waals surface area contributed by atoms with Gasteiger partial charge in [0, 0.05) is 30.8 Å². The molecule has 1 aliphatic rings.